The predicted octanol–water partition coefficient (Wildman–Crippen LogP) is 4.69. The second-order valence-corrected chi connectivity index (χ2v) is 5.80. The molecule has 0 saturated carbocycles. The maximum absolute atomic E-state index is 10.3. The van der Waals surface area contributed by atoms with Gasteiger partial charge in [-0.2, -0.15) is 0 Å². The van der Waals surface area contributed by atoms with Crippen LogP contribution in [0.2, 0.25) is 0 Å². The first-order valence-electron chi connectivity index (χ1n) is 8.19. The topological polar surface area (TPSA) is 70.5 Å². The van der Waals surface area contributed by atoms with Gasteiger partial charge in [0.2, 0.25) is 0 Å². The zero-order valence-electron chi connectivity index (χ0n) is 14.2. The van der Waals surface area contributed by atoms with Crippen molar-refractivity contribution in [3.63, 3.8) is 0 Å². The molecule has 4 rings (SSSR count). The van der Waals surface area contributed by atoms with Gasteiger partial charge >= 0.3 is 0 Å². The molecule has 0 atom stereocenters. The number of hydrogen-bond donors (Lipinski definition) is 2. The SMILES string of the molecule is COc1ccccc1N=Cc1c(O)[nH]c2ncc(-c3ccccc3)cc12. The molecule has 0 aliphatic heterocycles. The largest absolute Gasteiger partial charge is 0.494 e. The normalized spacial score (nSPS) is 11.3. The first kappa shape index (κ1) is 15.9. The number of hydrogen-bond acceptors (Lipinski definition) is 4. The molecule has 128 valence electrons. The quantitative estimate of drug-likeness (QED) is 0.528. The highest BCUT2D eigenvalue weighted by Gasteiger charge is 2.12. The van der Waals surface area contributed by atoms with Crippen molar-refractivity contribution in [3.8, 4) is 22.8 Å². The summed E-state index contributed by atoms with van der Waals surface area (Å²) < 4.78 is 5.31. The van der Waals surface area contributed by atoms with Crippen molar-refractivity contribution in [1.29, 1.82) is 0 Å². The molecule has 2 heterocycles. The monoisotopic (exact) mass is 343 g/mol. The molecule has 5 heteroatoms. The number of pyridine rings is 1. The van der Waals surface area contributed by atoms with Crippen molar-refractivity contribution in [2.45, 2.75) is 0 Å². The number of benzene rings is 2. The maximum atomic E-state index is 10.3. The summed E-state index contributed by atoms with van der Waals surface area (Å²) in [5, 5.41) is 11.1. The molecule has 0 fully saturated rings. The number of aliphatic imine (C=N–C) groups is 1. The van der Waals surface area contributed by atoms with Gasteiger partial charge in [-0.15, -0.1) is 0 Å². The molecule has 0 unspecified atom stereocenters. The van der Waals surface area contributed by atoms with Crippen molar-refractivity contribution in [1.82, 2.24) is 9.97 Å². The van der Waals surface area contributed by atoms with Crippen molar-refractivity contribution in [2.24, 2.45) is 4.99 Å². The number of H-pyrrole nitrogens is 1. The summed E-state index contributed by atoms with van der Waals surface area (Å²) in [7, 11) is 1.60. The Labute approximate surface area is 150 Å². The van der Waals surface area contributed by atoms with Gasteiger partial charge in [0.1, 0.15) is 17.1 Å². The number of para-hydroxylation sites is 2. The molecule has 0 aliphatic carbocycles. The second-order valence-electron chi connectivity index (χ2n) is 5.80. The molecule has 5 nitrogen and oxygen atoms in total. The summed E-state index contributed by atoms with van der Waals surface area (Å²) in [6, 6.07) is 19.5. The Balaban J connectivity index is 1.79. The number of rotatable bonds is 4. The molecule has 0 saturated heterocycles. The fourth-order valence-electron chi connectivity index (χ4n) is 2.87. The van der Waals surface area contributed by atoms with Gasteiger partial charge < -0.3 is 14.8 Å². The van der Waals surface area contributed by atoms with E-state index in [0.29, 0.717) is 22.6 Å². The van der Waals surface area contributed by atoms with E-state index >= 15 is 0 Å². The minimum atomic E-state index is 0.0383. The van der Waals surface area contributed by atoms with Gasteiger partial charge in [-0.1, -0.05) is 42.5 Å². The molecule has 2 N–H and O–H groups in total. The van der Waals surface area contributed by atoms with Gasteiger partial charge in [0.05, 0.1) is 12.7 Å². The number of ether oxygens (including phenoxy) is 1. The number of nitrogens with one attached hydrogen (secondary N) is 1. The number of fused-ring (bicyclic) bond motifs is 1. The van der Waals surface area contributed by atoms with Crippen molar-refractivity contribution in [3.05, 3.63) is 72.4 Å². The van der Waals surface area contributed by atoms with E-state index in [4.69, 9.17) is 4.74 Å². The summed E-state index contributed by atoms with van der Waals surface area (Å²) in [6.07, 6.45) is 3.41. The Morgan fingerprint density at radius 1 is 1.04 bits per heavy atom. The molecule has 26 heavy (non-hydrogen) atoms. The minimum Gasteiger partial charge on any atom is -0.494 e. The maximum Gasteiger partial charge on any atom is 0.199 e. The smallest absolute Gasteiger partial charge is 0.199 e. The molecule has 0 spiro atoms. The average Bonchev–Trinajstić information content (AvgIpc) is 3.01. The van der Waals surface area contributed by atoms with Gasteiger partial charge in [-0.25, -0.2) is 4.98 Å². The van der Waals surface area contributed by atoms with E-state index in [-0.39, 0.29) is 5.88 Å². The molecule has 0 amide bonds. The third-order valence-electron chi connectivity index (χ3n) is 4.19. The van der Waals surface area contributed by atoms with Crippen molar-refractivity contribution >= 4 is 22.9 Å². The van der Waals surface area contributed by atoms with Gasteiger partial charge in [-0.3, -0.25) is 4.99 Å². The Morgan fingerprint density at radius 2 is 1.81 bits per heavy atom. The van der Waals surface area contributed by atoms with Crippen LogP contribution in [0, 0.1) is 0 Å². The van der Waals surface area contributed by atoms with E-state index in [0.717, 1.165) is 16.5 Å². The summed E-state index contributed by atoms with van der Waals surface area (Å²) in [5.41, 5.74) is 3.94. The fraction of sp³-hybridized carbons (Fsp3) is 0.0476. The summed E-state index contributed by atoms with van der Waals surface area (Å²) in [5.74, 6) is 0.711. The van der Waals surface area contributed by atoms with E-state index in [9.17, 15) is 5.11 Å². The number of aromatic hydroxyl groups is 1. The highest BCUT2D eigenvalue weighted by molar-refractivity contribution is 6.02. The van der Waals surface area contributed by atoms with Crippen molar-refractivity contribution < 1.29 is 9.84 Å². The number of aromatic amines is 1. The molecule has 0 radical (unpaired) electrons. The molecular formula is C21H17N3O2. The summed E-state index contributed by atoms with van der Waals surface area (Å²) >= 11 is 0. The van der Waals surface area contributed by atoms with Crippen LogP contribution in [-0.4, -0.2) is 28.4 Å². The lowest BCUT2D eigenvalue weighted by Crippen LogP contribution is -1.85. The minimum absolute atomic E-state index is 0.0383. The van der Waals surface area contributed by atoms with E-state index in [2.05, 4.69) is 15.0 Å². The van der Waals surface area contributed by atoms with E-state index in [1.807, 2.05) is 60.7 Å². The van der Waals surface area contributed by atoms with Crippen molar-refractivity contribution in [2.75, 3.05) is 7.11 Å². The lowest BCUT2D eigenvalue weighted by molar-refractivity contribution is 0.416. The third-order valence-corrected chi connectivity index (χ3v) is 4.19. The first-order valence-corrected chi connectivity index (χ1v) is 8.19. The molecule has 4 aromatic rings. The molecule has 0 bridgehead atoms. The Kier molecular flexibility index (Phi) is 4.11. The molecular weight excluding hydrogens is 326 g/mol. The molecule has 2 aromatic heterocycles. The summed E-state index contributed by atoms with van der Waals surface area (Å²) in [6.45, 7) is 0. The van der Waals surface area contributed by atoms with E-state index in [1.54, 1.807) is 19.5 Å². The molecule has 2 aromatic carbocycles. The van der Waals surface area contributed by atoms with Gasteiger partial charge in [0, 0.05) is 23.4 Å². The standard InChI is InChI=1S/C21H17N3O2/c1-26-19-10-6-5-9-18(19)22-13-17-16-11-15(14-7-3-2-4-8-14)12-23-20(16)24-21(17)25/h2-13,25H,1H3,(H,23,24). The fourth-order valence-corrected chi connectivity index (χ4v) is 2.87. The highest BCUT2D eigenvalue weighted by atomic mass is 16.5. The highest BCUT2D eigenvalue weighted by Crippen LogP contribution is 2.31. The van der Waals surface area contributed by atoms with Gasteiger partial charge in [-0.05, 0) is 23.8 Å². The van der Waals surface area contributed by atoms with Crippen LogP contribution in [0.3, 0.4) is 0 Å². The zero-order valence-corrected chi connectivity index (χ0v) is 14.2. The Hall–Kier alpha value is -3.60. The number of aromatic nitrogens is 2. The van der Waals surface area contributed by atoms with Crippen LogP contribution in [0.1, 0.15) is 5.56 Å². The molecule has 0 aliphatic rings. The first-order chi connectivity index (χ1) is 12.8. The van der Waals surface area contributed by atoms with E-state index < -0.39 is 0 Å². The van der Waals surface area contributed by atoms with Crippen LogP contribution >= 0.6 is 0 Å². The lowest BCUT2D eigenvalue weighted by atomic mass is 10.1. The van der Waals surface area contributed by atoms with Crippen LogP contribution in [-0.2, 0) is 0 Å². The summed E-state index contributed by atoms with van der Waals surface area (Å²) in [4.78, 5) is 11.8. The van der Waals surface area contributed by atoms with Gasteiger partial charge in [0.15, 0.2) is 5.88 Å². The van der Waals surface area contributed by atoms with Crippen LogP contribution < -0.4 is 4.74 Å². The zero-order chi connectivity index (χ0) is 17.9. The Morgan fingerprint density at radius 3 is 2.62 bits per heavy atom. The third kappa shape index (κ3) is 2.91. The van der Waals surface area contributed by atoms with Crippen LogP contribution in [0.4, 0.5) is 5.69 Å². The van der Waals surface area contributed by atoms with Crippen LogP contribution in [0.15, 0.2) is 71.9 Å². The van der Waals surface area contributed by atoms with Crippen LogP contribution in [0.5, 0.6) is 11.6 Å². The number of nitrogens with zero attached hydrogens (tertiary/aromatic N) is 2. The predicted molar refractivity (Wildman–Crippen MR) is 103 cm³/mol. The van der Waals surface area contributed by atoms with Gasteiger partial charge in [0.25, 0.3) is 0 Å². The number of methoxy groups -OCH3 is 1. The van der Waals surface area contributed by atoms with Crippen LogP contribution in [0.25, 0.3) is 22.2 Å². The average molecular weight is 343 g/mol. The lowest BCUT2D eigenvalue weighted by Gasteiger charge is -2.03. The van der Waals surface area contributed by atoms with E-state index in [1.165, 1.54) is 0 Å². The Bertz CT molecular complexity index is 1090. The second kappa shape index (κ2) is 6.72.